The SMILES string of the molecule is CCOC(=O)C1C(c2ccccc2)=NC(=S)NC1c1cc(O)ccc1Br. The number of aliphatic imine (C=N–C) groups is 1. The molecule has 0 saturated carbocycles. The number of thiocarbonyl (C=S) groups is 1. The van der Waals surface area contributed by atoms with Gasteiger partial charge in [0.2, 0.25) is 0 Å². The number of nitrogens with one attached hydrogen (secondary N) is 1. The monoisotopic (exact) mass is 432 g/mol. The smallest absolute Gasteiger partial charge is 0.317 e. The Kier molecular flexibility index (Phi) is 5.68. The Morgan fingerprint density at radius 1 is 1.31 bits per heavy atom. The lowest BCUT2D eigenvalue weighted by molar-refractivity contribution is -0.146. The fraction of sp³-hybridized carbons (Fsp3) is 0.211. The van der Waals surface area contributed by atoms with Gasteiger partial charge in [0.05, 0.1) is 18.4 Å². The van der Waals surface area contributed by atoms with Crippen molar-refractivity contribution in [1.29, 1.82) is 0 Å². The molecule has 5 nitrogen and oxygen atoms in total. The minimum absolute atomic E-state index is 0.0994. The fourth-order valence-corrected chi connectivity index (χ4v) is 3.66. The van der Waals surface area contributed by atoms with Crippen molar-refractivity contribution in [1.82, 2.24) is 5.32 Å². The largest absolute Gasteiger partial charge is 0.508 e. The molecule has 2 aromatic carbocycles. The molecule has 0 saturated heterocycles. The number of esters is 1. The van der Waals surface area contributed by atoms with Crippen molar-refractivity contribution in [2.75, 3.05) is 6.61 Å². The van der Waals surface area contributed by atoms with Gasteiger partial charge in [0.15, 0.2) is 5.11 Å². The summed E-state index contributed by atoms with van der Waals surface area (Å²) in [6.07, 6.45) is 0. The van der Waals surface area contributed by atoms with Gasteiger partial charge in [-0.2, -0.15) is 0 Å². The number of halogens is 1. The number of ether oxygens (including phenoxy) is 1. The summed E-state index contributed by atoms with van der Waals surface area (Å²) in [4.78, 5) is 17.2. The lowest BCUT2D eigenvalue weighted by Gasteiger charge is -2.32. The first-order chi connectivity index (χ1) is 12.5. The van der Waals surface area contributed by atoms with E-state index >= 15 is 0 Å². The number of aromatic hydroxyl groups is 1. The van der Waals surface area contributed by atoms with E-state index in [9.17, 15) is 9.90 Å². The Labute approximate surface area is 165 Å². The number of hydrogen-bond acceptors (Lipinski definition) is 4. The molecule has 0 spiro atoms. The van der Waals surface area contributed by atoms with Crippen LogP contribution in [0.15, 0.2) is 58.0 Å². The molecule has 0 fully saturated rings. The molecule has 0 radical (unpaired) electrons. The van der Waals surface area contributed by atoms with Gasteiger partial charge < -0.3 is 15.2 Å². The van der Waals surface area contributed by atoms with Crippen LogP contribution >= 0.6 is 28.1 Å². The van der Waals surface area contributed by atoms with Crippen LogP contribution in [-0.4, -0.2) is 28.5 Å². The van der Waals surface area contributed by atoms with Gasteiger partial charge in [-0.05, 0) is 48.5 Å². The molecule has 2 atom stereocenters. The molecule has 2 aromatic rings. The summed E-state index contributed by atoms with van der Waals surface area (Å²) in [5.74, 6) is -1.00. The summed E-state index contributed by atoms with van der Waals surface area (Å²) >= 11 is 8.80. The minimum Gasteiger partial charge on any atom is -0.508 e. The highest BCUT2D eigenvalue weighted by Crippen LogP contribution is 2.36. The Bertz CT molecular complexity index is 870. The van der Waals surface area contributed by atoms with Crippen molar-refractivity contribution >= 4 is 44.9 Å². The van der Waals surface area contributed by atoms with Crippen LogP contribution in [0.3, 0.4) is 0 Å². The third-order valence-electron chi connectivity index (χ3n) is 4.05. The third kappa shape index (κ3) is 3.78. The minimum atomic E-state index is -0.706. The van der Waals surface area contributed by atoms with Gasteiger partial charge in [0.25, 0.3) is 0 Å². The predicted molar refractivity (Wildman–Crippen MR) is 107 cm³/mol. The second kappa shape index (κ2) is 7.97. The van der Waals surface area contributed by atoms with Crippen LogP contribution in [0.1, 0.15) is 24.1 Å². The van der Waals surface area contributed by atoms with Gasteiger partial charge >= 0.3 is 5.97 Å². The molecule has 0 amide bonds. The van der Waals surface area contributed by atoms with Crippen molar-refractivity contribution in [3.63, 3.8) is 0 Å². The van der Waals surface area contributed by atoms with E-state index in [2.05, 4.69) is 26.2 Å². The van der Waals surface area contributed by atoms with Gasteiger partial charge in [-0.1, -0.05) is 46.3 Å². The highest BCUT2D eigenvalue weighted by atomic mass is 79.9. The normalized spacial score (nSPS) is 19.5. The maximum Gasteiger partial charge on any atom is 0.317 e. The first-order valence-corrected chi connectivity index (χ1v) is 9.31. The number of phenols is 1. The molecule has 1 aliphatic rings. The van der Waals surface area contributed by atoms with Crippen LogP contribution in [0.25, 0.3) is 0 Å². The molecule has 26 heavy (non-hydrogen) atoms. The van der Waals surface area contributed by atoms with Crippen LogP contribution in [0.4, 0.5) is 0 Å². The highest BCUT2D eigenvalue weighted by Gasteiger charge is 2.40. The Morgan fingerprint density at radius 3 is 2.73 bits per heavy atom. The maximum absolute atomic E-state index is 12.8. The molecule has 3 rings (SSSR count). The highest BCUT2D eigenvalue weighted by molar-refractivity contribution is 9.10. The fourth-order valence-electron chi connectivity index (χ4n) is 2.95. The number of carbonyl (C=O) groups is 1. The lowest BCUT2D eigenvalue weighted by atomic mass is 9.84. The Balaban J connectivity index is 2.14. The quantitative estimate of drug-likeness (QED) is 0.568. The van der Waals surface area contributed by atoms with Crippen molar-refractivity contribution in [3.8, 4) is 5.75 Å². The molecule has 134 valence electrons. The standard InChI is InChI=1S/C19H17BrN2O3S/c1-2-25-18(24)15-16(11-6-4-3-5-7-11)21-19(26)22-17(15)13-10-12(23)8-9-14(13)20/h3-10,15,17,23H,2H2,1H3,(H,22,26). The van der Waals surface area contributed by atoms with Gasteiger partial charge in [-0.3, -0.25) is 4.79 Å². The van der Waals surface area contributed by atoms with Crippen LogP contribution in [0.2, 0.25) is 0 Å². The van der Waals surface area contributed by atoms with E-state index in [-0.39, 0.29) is 17.5 Å². The average molecular weight is 433 g/mol. The van der Waals surface area contributed by atoms with Crippen LogP contribution < -0.4 is 5.32 Å². The van der Waals surface area contributed by atoms with Crippen molar-refractivity contribution in [2.45, 2.75) is 13.0 Å². The van der Waals surface area contributed by atoms with E-state index < -0.39 is 17.9 Å². The maximum atomic E-state index is 12.8. The van der Waals surface area contributed by atoms with Crippen LogP contribution in [-0.2, 0) is 9.53 Å². The zero-order chi connectivity index (χ0) is 18.7. The number of rotatable bonds is 4. The van der Waals surface area contributed by atoms with Gasteiger partial charge in [-0.15, -0.1) is 0 Å². The summed E-state index contributed by atoms with van der Waals surface area (Å²) in [6, 6.07) is 13.8. The van der Waals surface area contributed by atoms with Crippen LogP contribution in [0, 0.1) is 5.92 Å². The van der Waals surface area contributed by atoms with Gasteiger partial charge in [-0.25, -0.2) is 4.99 Å². The summed E-state index contributed by atoms with van der Waals surface area (Å²) in [5.41, 5.74) is 2.05. The molecule has 0 aliphatic carbocycles. The van der Waals surface area contributed by atoms with E-state index in [1.807, 2.05) is 30.3 Å². The second-order valence-corrected chi connectivity index (χ2v) is 6.97. The van der Waals surface area contributed by atoms with Crippen molar-refractivity contribution in [3.05, 3.63) is 64.1 Å². The first kappa shape index (κ1) is 18.5. The molecule has 1 aliphatic heterocycles. The molecular weight excluding hydrogens is 416 g/mol. The van der Waals surface area contributed by atoms with Crippen molar-refractivity contribution in [2.24, 2.45) is 10.9 Å². The van der Waals surface area contributed by atoms with Gasteiger partial charge in [0, 0.05) is 4.47 Å². The zero-order valence-electron chi connectivity index (χ0n) is 14.0. The number of nitrogens with zero attached hydrogens (tertiary/aromatic N) is 1. The molecule has 2 unspecified atom stereocenters. The molecule has 7 heteroatoms. The number of phenolic OH excluding ortho intramolecular Hbond substituents is 1. The van der Waals surface area contributed by atoms with E-state index in [1.165, 1.54) is 0 Å². The van der Waals surface area contributed by atoms with E-state index in [0.29, 0.717) is 11.3 Å². The Hall–Kier alpha value is -2.25. The lowest BCUT2D eigenvalue weighted by Crippen LogP contribution is -2.45. The molecular formula is C19H17BrN2O3S. The summed E-state index contributed by atoms with van der Waals surface area (Å²) in [7, 11) is 0. The number of hydrogen-bond donors (Lipinski definition) is 2. The number of carbonyl (C=O) groups excluding carboxylic acids is 1. The van der Waals surface area contributed by atoms with Crippen LogP contribution in [0.5, 0.6) is 5.75 Å². The Morgan fingerprint density at radius 2 is 2.04 bits per heavy atom. The molecule has 0 bridgehead atoms. The summed E-state index contributed by atoms with van der Waals surface area (Å²) in [6.45, 7) is 2.02. The zero-order valence-corrected chi connectivity index (χ0v) is 16.4. The molecule has 0 aromatic heterocycles. The van der Waals surface area contributed by atoms with E-state index in [0.717, 1.165) is 10.0 Å². The third-order valence-corrected chi connectivity index (χ3v) is 4.98. The summed E-state index contributed by atoms with van der Waals surface area (Å²) < 4.78 is 6.06. The second-order valence-electron chi connectivity index (χ2n) is 5.73. The van der Waals surface area contributed by atoms with Crippen molar-refractivity contribution < 1.29 is 14.6 Å². The van der Waals surface area contributed by atoms with E-state index in [4.69, 9.17) is 17.0 Å². The van der Waals surface area contributed by atoms with E-state index in [1.54, 1.807) is 25.1 Å². The first-order valence-electron chi connectivity index (χ1n) is 8.10. The molecule has 2 N–H and O–H groups in total. The number of benzene rings is 2. The summed E-state index contributed by atoms with van der Waals surface area (Å²) in [5, 5.41) is 13.3. The average Bonchev–Trinajstić information content (AvgIpc) is 2.64. The van der Waals surface area contributed by atoms with Gasteiger partial charge in [0.1, 0.15) is 11.7 Å². The topological polar surface area (TPSA) is 70.9 Å². The predicted octanol–water partition coefficient (Wildman–Crippen LogP) is 3.75. The molecule has 1 heterocycles.